The maximum Gasteiger partial charge on any atom is 0.238 e. The summed E-state index contributed by atoms with van der Waals surface area (Å²) >= 11 is 0. The first-order chi connectivity index (χ1) is 11.2. The first-order valence-corrected chi connectivity index (χ1v) is 8.76. The van der Waals surface area contributed by atoms with Crippen LogP contribution in [0.2, 0.25) is 0 Å². The van der Waals surface area contributed by atoms with Gasteiger partial charge in [0.1, 0.15) is 0 Å². The highest BCUT2D eigenvalue weighted by molar-refractivity contribution is 5.92. The Kier molecular flexibility index (Phi) is 5.51. The molecule has 1 amide bonds. The van der Waals surface area contributed by atoms with Gasteiger partial charge in [0.15, 0.2) is 0 Å². The molecular weight excluding hydrogens is 288 g/mol. The Morgan fingerprint density at radius 3 is 2.26 bits per heavy atom. The molecule has 0 bridgehead atoms. The van der Waals surface area contributed by atoms with Crippen molar-refractivity contribution < 1.29 is 4.79 Å². The molecule has 1 N–H and O–H groups in total. The summed E-state index contributed by atoms with van der Waals surface area (Å²) in [5.74, 6) is 0.0965. The van der Waals surface area contributed by atoms with Gasteiger partial charge in [0.2, 0.25) is 5.91 Å². The largest absolute Gasteiger partial charge is 0.369 e. The Balaban J connectivity index is 1.49. The van der Waals surface area contributed by atoms with Gasteiger partial charge in [-0.05, 0) is 57.2 Å². The zero-order valence-electron chi connectivity index (χ0n) is 14.1. The van der Waals surface area contributed by atoms with Crippen molar-refractivity contribution >= 4 is 17.3 Å². The van der Waals surface area contributed by atoms with E-state index < -0.39 is 0 Å². The monoisotopic (exact) mass is 316 g/mol. The number of nitrogens with zero attached hydrogens (tertiary/aromatic N) is 3. The number of amides is 1. The number of nitrogens with one attached hydrogen (secondary N) is 1. The molecule has 23 heavy (non-hydrogen) atoms. The van der Waals surface area contributed by atoms with E-state index in [1.165, 1.54) is 24.9 Å². The Bertz CT molecular complexity index is 502. The zero-order chi connectivity index (χ0) is 16.1. The Morgan fingerprint density at radius 2 is 1.61 bits per heavy atom. The molecule has 2 aliphatic rings. The maximum absolute atomic E-state index is 12.1. The second-order valence-corrected chi connectivity index (χ2v) is 6.72. The summed E-state index contributed by atoms with van der Waals surface area (Å²) in [6.45, 7) is 6.96. The van der Waals surface area contributed by atoms with Crippen LogP contribution in [0.15, 0.2) is 24.3 Å². The van der Waals surface area contributed by atoms with Gasteiger partial charge in [-0.3, -0.25) is 9.69 Å². The molecule has 126 valence electrons. The van der Waals surface area contributed by atoms with Gasteiger partial charge in [-0.1, -0.05) is 6.42 Å². The number of carbonyl (C=O) groups is 1. The van der Waals surface area contributed by atoms with Crippen molar-refractivity contribution in [2.75, 3.05) is 63.1 Å². The molecule has 0 atom stereocenters. The highest BCUT2D eigenvalue weighted by Crippen LogP contribution is 2.19. The molecule has 1 aromatic rings. The van der Waals surface area contributed by atoms with Crippen molar-refractivity contribution in [2.24, 2.45) is 0 Å². The number of piperazine rings is 1. The van der Waals surface area contributed by atoms with Crippen LogP contribution in [0.5, 0.6) is 0 Å². The minimum absolute atomic E-state index is 0.0965. The van der Waals surface area contributed by atoms with Gasteiger partial charge in [0.05, 0.1) is 6.54 Å². The lowest BCUT2D eigenvalue weighted by molar-refractivity contribution is -0.117. The fourth-order valence-corrected chi connectivity index (χ4v) is 3.34. The Labute approximate surface area is 139 Å². The van der Waals surface area contributed by atoms with Crippen LogP contribution in [0.4, 0.5) is 11.4 Å². The van der Waals surface area contributed by atoms with E-state index in [0.717, 1.165) is 45.0 Å². The minimum Gasteiger partial charge on any atom is -0.369 e. The first kappa shape index (κ1) is 16.3. The lowest BCUT2D eigenvalue weighted by Crippen LogP contribution is -2.44. The number of likely N-dealkylation sites (N-methyl/N-ethyl adjacent to an activating group) is 1. The molecule has 5 nitrogen and oxygen atoms in total. The van der Waals surface area contributed by atoms with E-state index >= 15 is 0 Å². The normalized spacial score (nSPS) is 20.5. The van der Waals surface area contributed by atoms with Gasteiger partial charge >= 0.3 is 0 Å². The van der Waals surface area contributed by atoms with Gasteiger partial charge in [0, 0.05) is 37.6 Å². The maximum atomic E-state index is 12.1. The van der Waals surface area contributed by atoms with Gasteiger partial charge in [0.25, 0.3) is 0 Å². The van der Waals surface area contributed by atoms with E-state index in [9.17, 15) is 4.79 Å². The summed E-state index contributed by atoms with van der Waals surface area (Å²) in [5.41, 5.74) is 2.14. The second-order valence-electron chi connectivity index (χ2n) is 6.72. The van der Waals surface area contributed by atoms with Crippen molar-refractivity contribution in [2.45, 2.75) is 19.3 Å². The zero-order valence-corrected chi connectivity index (χ0v) is 14.1. The molecular formula is C18H28N4O. The van der Waals surface area contributed by atoms with Crippen LogP contribution in [0.25, 0.3) is 0 Å². The van der Waals surface area contributed by atoms with E-state index in [0.29, 0.717) is 6.54 Å². The minimum atomic E-state index is 0.0965. The molecule has 2 saturated heterocycles. The summed E-state index contributed by atoms with van der Waals surface area (Å²) in [4.78, 5) is 19.1. The lowest BCUT2D eigenvalue weighted by atomic mass is 10.1. The van der Waals surface area contributed by atoms with Crippen LogP contribution in [-0.2, 0) is 4.79 Å². The van der Waals surface area contributed by atoms with Crippen LogP contribution in [0.3, 0.4) is 0 Å². The van der Waals surface area contributed by atoms with E-state index in [1.807, 2.05) is 12.1 Å². The van der Waals surface area contributed by atoms with Crippen LogP contribution in [0, 0.1) is 0 Å². The molecule has 0 saturated carbocycles. The number of piperidine rings is 1. The molecule has 5 heteroatoms. The predicted octanol–water partition coefficient (Wildman–Crippen LogP) is 1.86. The average Bonchev–Trinajstić information content (AvgIpc) is 2.57. The van der Waals surface area contributed by atoms with E-state index in [2.05, 4.69) is 39.2 Å². The van der Waals surface area contributed by atoms with E-state index in [-0.39, 0.29) is 5.91 Å². The fraction of sp³-hybridized carbons (Fsp3) is 0.611. The van der Waals surface area contributed by atoms with Gasteiger partial charge in [-0.25, -0.2) is 0 Å². The van der Waals surface area contributed by atoms with Crippen molar-refractivity contribution in [3.63, 3.8) is 0 Å². The summed E-state index contributed by atoms with van der Waals surface area (Å²) in [6.07, 6.45) is 3.73. The number of hydrogen-bond acceptors (Lipinski definition) is 4. The number of likely N-dealkylation sites (tertiary alicyclic amines) is 1. The fourth-order valence-electron chi connectivity index (χ4n) is 3.34. The van der Waals surface area contributed by atoms with Crippen molar-refractivity contribution in [1.29, 1.82) is 0 Å². The third-order valence-electron chi connectivity index (χ3n) is 4.84. The van der Waals surface area contributed by atoms with E-state index in [1.54, 1.807) is 0 Å². The SMILES string of the molecule is CN1CCN(c2ccc(NC(=O)CN3CCCCC3)cc2)CC1. The summed E-state index contributed by atoms with van der Waals surface area (Å²) in [6, 6.07) is 8.26. The Hall–Kier alpha value is -1.59. The molecule has 2 heterocycles. The molecule has 1 aromatic carbocycles. The second kappa shape index (κ2) is 7.79. The summed E-state index contributed by atoms with van der Waals surface area (Å²) in [5, 5.41) is 3.02. The lowest BCUT2D eigenvalue weighted by Gasteiger charge is -2.34. The Morgan fingerprint density at radius 1 is 0.957 bits per heavy atom. The topological polar surface area (TPSA) is 38.8 Å². The van der Waals surface area contributed by atoms with Crippen LogP contribution >= 0.6 is 0 Å². The average molecular weight is 316 g/mol. The highest BCUT2D eigenvalue weighted by Gasteiger charge is 2.15. The van der Waals surface area contributed by atoms with Gasteiger partial charge in [-0.2, -0.15) is 0 Å². The van der Waals surface area contributed by atoms with E-state index in [4.69, 9.17) is 0 Å². The van der Waals surface area contributed by atoms with Gasteiger partial charge in [-0.15, -0.1) is 0 Å². The number of carbonyl (C=O) groups excluding carboxylic acids is 1. The van der Waals surface area contributed by atoms with Crippen molar-refractivity contribution in [3.05, 3.63) is 24.3 Å². The van der Waals surface area contributed by atoms with Gasteiger partial charge < -0.3 is 15.1 Å². The van der Waals surface area contributed by atoms with Crippen LogP contribution in [-0.4, -0.2) is 68.6 Å². The third kappa shape index (κ3) is 4.69. The summed E-state index contributed by atoms with van der Waals surface area (Å²) in [7, 11) is 2.16. The first-order valence-electron chi connectivity index (χ1n) is 8.76. The summed E-state index contributed by atoms with van der Waals surface area (Å²) < 4.78 is 0. The third-order valence-corrected chi connectivity index (χ3v) is 4.84. The van der Waals surface area contributed by atoms with Crippen LogP contribution in [0.1, 0.15) is 19.3 Å². The quantitative estimate of drug-likeness (QED) is 0.920. The van der Waals surface area contributed by atoms with Crippen LogP contribution < -0.4 is 10.2 Å². The number of rotatable bonds is 4. The smallest absolute Gasteiger partial charge is 0.238 e. The van der Waals surface area contributed by atoms with Crippen molar-refractivity contribution in [3.8, 4) is 0 Å². The standard InChI is InChI=1S/C18H28N4O/c1-20-11-13-22(14-12-20)17-7-5-16(6-8-17)19-18(23)15-21-9-3-2-4-10-21/h5-8H,2-4,9-15H2,1H3,(H,19,23). The molecule has 2 fully saturated rings. The predicted molar refractivity (Wildman–Crippen MR) is 95.1 cm³/mol. The molecule has 0 radical (unpaired) electrons. The molecule has 0 spiro atoms. The highest BCUT2D eigenvalue weighted by atomic mass is 16.2. The molecule has 0 aliphatic carbocycles. The number of benzene rings is 1. The van der Waals surface area contributed by atoms with Crippen molar-refractivity contribution in [1.82, 2.24) is 9.80 Å². The molecule has 0 aromatic heterocycles. The number of hydrogen-bond donors (Lipinski definition) is 1. The molecule has 2 aliphatic heterocycles. The molecule has 3 rings (SSSR count). The number of anilines is 2. The molecule has 0 unspecified atom stereocenters.